The largest absolute Gasteiger partial charge is 0.314 e. The van der Waals surface area contributed by atoms with Crippen molar-refractivity contribution in [3.05, 3.63) is 16.1 Å². The molecular formula is C11H20N2S. The van der Waals surface area contributed by atoms with Crippen LogP contribution >= 0.6 is 11.3 Å². The Morgan fingerprint density at radius 2 is 2.14 bits per heavy atom. The molecule has 0 saturated carbocycles. The minimum absolute atomic E-state index is 0.594. The van der Waals surface area contributed by atoms with E-state index in [1.54, 1.807) is 11.3 Å². The topological polar surface area (TPSA) is 24.9 Å². The van der Waals surface area contributed by atoms with Crippen LogP contribution in [0, 0.1) is 12.8 Å². The van der Waals surface area contributed by atoms with E-state index >= 15 is 0 Å². The number of thiazole rings is 1. The maximum atomic E-state index is 4.34. The Kier molecular flexibility index (Phi) is 4.55. The van der Waals surface area contributed by atoms with Crippen molar-refractivity contribution < 1.29 is 0 Å². The number of nitrogens with one attached hydrogen (secondary N) is 1. The third-order valence-electron chi connectivity index (χ3n) is 2.47. The molecule has 80 valence electrons. The molecule has 1 N–H and O–H groups in total. The van der Waals surface area contributed by atoms with Gasteiger partial charge >= 0.3 is 0 Å². The van der Waals surface area contributed by atoms with Crippen LogP contribution in [-0.2, 0) is 6.42 Å². The zero-order chi connectivity index (χ0) is 10.6. The fraction of sp³-hybridized carbons (Fsp3) is 0.727. The van der Waals surface area contributed by atoms with Crippen molar-refractivity contribution in [1.82, 2.24) is 10.3 Å². The second kappa shape index (κ2) is 5.47. The SMILES string of the molecule is Cc1cnc(CCNC(C)C(C)C)s1. The summed E-state index contributed by atoms with van der Waals surface area (Å²) in [5, 5.41) is 4.75. The maximum Gasteiger partial charge on any atom is 0.0940 e. The van der Waals surface area contributed by atoms with E-state index in [-0.39, 0.29) is 0 Å². The molecule has 0 amide bonds. The van der Waals surface area contributed by atoms with Gasteiger partial charge in [0.25, 0.3) is 0 Å². The Hall–Kier alpha value is -0.410. The Bertz CT molecular complexity index is 268. The second-order valence-electron chi connectivity index (χ2n) is 4.10. The number of aromatic nitrogens is 1. The highest BCUT2D eigenvalue weighted by Crippen LogP contribution is 2.11. The molecule has 1 aromatic rings. The molecule has 1 rings (SSSR count). The highest BCUT2D eigenvalue weighted by atomic mass is 32.1. The minimum Gasteiger partial charge on any atom is -0.314 e. The zero-order valence-corrected chi connectivity index (χ0v) is 10.3. The van der Waals surface area contributed by atoms with E-state index in [2.05, 4.69) is 38.0 Å². The molecular weight excluding hydrogens is 192 g/mol. The third-order valence-corrected chi connectivity index (χ3v) is 3.45. The standard InChI is InChI=1S/C11H20N2S/c1-8(2)10(4)12-6-5-11-13-7-9(3)14-11/h7-8,10,12H,5-6H2,1-4H3. The highest BCUT2D eigenvalue weighted by molar-refractivity contribution is 7.11. The monoisotopic (exact) mass is 212 g/mol. The van der Waals surface area contributed by atoms with Gasteiger partial charge in [0.1, 0.15) is 0 Å². The summed E-state index contributed by atoms with van der Waals surface area (Å²) in [7, 11) is 0. The first-order valence-electron chi connectivity index (χ1n) is 5.24. The Morgan fingerprint density at radius 3 is 2.64 bits per heavy atom. The van der Waals surface area contributed by atoms with Gasteiger partial charge in [-0.15, -0.1) is 11.3 Å². The molecule has 0 aliphatic carbocycles. The van der Waals surface area contributed by atoms with Gasteiger partial charge in [0.05, 0.1) is 5.01 Å². The van der Waals surface area contributed by atoms with Crippen LogP contribution in [0.4, 0.5) is 0 Å². The summed E-state index contributed by atoms with van der Waals surface area (Å²) < 4.78 is 0. The van der Waals surface area contributed by atoms with E-state index in [0.29, 0.717) is 12.0 Å². The van der Waals surface area contributed by atoms with Crippen LogP contribution in [0.3, 0.4) is 0 Å². The summed E-state index contributed by atoms with van der Waals surface area (Å²) in [6, 6.07) is 0.594. The molecule has 0 spiro atoms. The van der Waals surface area contributed by atoms with Crippen LogP contribution in [0.15, 0.2) is 6.20 Å². The molecule has 1 heterocycles. The molecule has 0 fully saturated rings. The van der Waals surface area contributed by atoms with Gasteiger partial charge in [-0.3, -0.25) is 0 Å². The summed E-state index contributed by atoms with van der Waals surface area (Å²) in [4.78, 5) is 5.64. The van der Waals surface area contributed by atoms with E-state index < -0.39 is 0 Å². The van der Waals surface area contributed by atoms with E-state index in [1.165, 1.54) is 9.88 Å². The van der Waals surface area contributed by atoms with Gasteiger partial charge in [0.15, 0.2) is 0 Å². The fourth-order valence-electron chi connectivity index (χ4n) is 1.16. The first kappa shape index (κ1) is 11.7. The van der Waals surface area contributed by atoms with E-state index in [1.807, 2.05) is 6.20 Å². The van der Waals surface area contributed by atoms with Gasteiger partial charge in [-0.2, -0.15) is 0 Å². The molecule has 14 heavy (non-hydrogen) atoms. The molecule has 0 saturated heterocycles. The Balaban J connectivity index is 2.22. The number of aryl methyl sites for hydroxylation is 1. The third kappa shape index (κ3) is 3.76. The molecule has 0 bridgehead atoms. The van der Waals surface area contributed by atoms with Crippen molar-refractivity contribution in [3.63, 3.8) is 0 Å². The molecule has 1 aromatic heterocycles. The number of nitrogens with zero attached hydrogens (tertiary/aromatic N) is 1. The van der Waals surface area contributed by atoms with E-state index in [0.717, 1.165) is 13.0 Å². The van der Waals surface area contributed by atoms with Gasteiger partial charge in [-0.05, 0) is 19.8 Å². The van der Waals surface area contributed by atoms with Gasteiger partial charge in [0.2, 0.25) is 0 Å². The van der Waals surface area contributed by atoms with Crippen molar-refractivity contribution in [1.29, 1.82) is 0 Å². The average Bonchev–Trinajstić information content (AvgIpc) is 2.51. The second-order valence-corrected chi connectivity index (χ2v) is 5.42. The van der Waals surface area contributed by atoms with Gasteiger partial charge in [-0.25, -0.2) is 4.98 Å². The molecule has 2 nitrogen and oxygen atoms in total. The van der Waals surface area contributed by atoms with E-state index in [4.69, 9.17) is 0 Å². The molecule has 0 aliphatic heterocycles. The lowest BCUT2D eigenvalue weighted by Crippen LogP contribution is -2.32. The Morgan fingerprint density at radius 1 is 1.43 bits per heavy atom. The maximum absolute atomic E-state index is 4.34. The van der Waals surface area contributed by atoms with Crippen molar-refractivity contribution in [3.8, 4) is 0 Å². The van der Waals surface area contributed by atoms with Gasteiger partial charge in [-0.1, -0.05) is 13.8 Å². The van der Waals surface area contributed by atoms with Crippen molar-refractivity contribution >= 4 is 11.3 Å². The van der Waals surface area contributed by atoms with Crippen LogP contribution in [0.2, 0.25) is 0 Å². The van der Waals surface area contributed by atoms with Crippen LogP contribution in [0.5, 0.6) is 0 Å². The molecule has 0 aliphatic rings. The highest BCUT2D eigenvalue weighted by Gasteiger charge is 2.05. The minimum atomic E-state index is 0.594. The number of rotatable bonds is 5. The van der Waals surface area contributed by atoms with Crippen LogP contribution in [0.1, 0.15) is 30.7 Å². The van der Waals surface area contributed by atoms with Crippen molar-refractivity contribution in [2.24, 2.45) is 5.92 Å². The summed E-state index contributed by atoms with van der Waals surface area (Å²) in [6.45, 7) is 9.85. The lowest BCUT2D eigenvalue weighted by atomic mass is 10.1. The Labute approximate surface area is 90.8 Å². The number of hydrogen-bond donors (Lipinski definition) is 1. The quantitative estimate of drug-likeness (QED) is 0.811. The summed E-state index contributed by atoms with van der Waals surface area (Å²) >= 11 is 1.80. The molecule has 0 aromatic carbocycles. The predicted molar refractivity (Wildman–Crippen MR) is 62.9 cm³/mol. The van der Waals surface area contributed by atoms with Crippen molar-refractivity contribution in [2.45, 2.75) is 40.2 Å². The normalized spacial score (nSPS) is 13.5. The van der Waals surface area contributed by atoms with Gasteiger partial charge < -0.3 is 5.32 Å². The lowest BCUT2D eigenvalue weighted by molar-refractivity contribution is 0.430. The van der Waals surface area contributed by atoms with Crippen molar-refractivity contribution in [2.75, 3.05) is 6.54 Å². The first-order valence-corrected chi connectivity index (χ1v) is 6.06. The smallest absolute Gasteiger partial charge is 0.0940 e. The number of hydrogen-bond acceptors (Lipinski definition) is 3. The average molecular weight is 212 g/mol. The molecule has 0 radical (unpaired) electrons. The van der Waals surface area contributed by atoms with E-state index in [9.17, 15) is 0 Å². The predicted octanol–water partition coefficient (Wildman–Crippen LogP) is 2.63. The lowest BCUT2D eigenvalue weighted by Gasteiger charge is -2.16. The van der Waals surface area contributed by atoms with Crippen LogP contribution in [0.25, 0.3) is 0 Å². The first-order chi connectivity index (χ1) is 6.59. The fourth-order valence-corrected chi connectivity index (χ4v) is 1.95. The van der Waals surface area contributed by atoms with Crippen LogP contribution in [-0.4, -0.2) is 17.6 Å². The molecule has 1 atom stereocenters. The summed E-state index contributed by atoms with van der Waals surface area (Å²) in [5.74, 6) is 0.702. The molecule has 3 heteroatoms. The summed E-state index contributed by atoms with van der Waals surface area (Å²) in [6.07, 6.45) is 3.00. The zero-order valence-electron chi connectivity index (χ0n) is 9.50. The van der Waals surface area contributed by atoms with Crippen LogP contribution < -0.4 is 5.32 Å². The molecule has 1 unspecified atom stereocenters. The van der Waals surface area contributed by atoms with Gasteiger partial charge in [0, 0.05) is 30.1 Å². The summed E-state index contributed by atoms with van der Waals surface area (Å²) in [5.41, 5.74) is 0.